The second-order valence-corrected chi connectivity index (χ2v) is 6.84. The van der Waals surface area contributed by atoms with E-state index in [1.54, 1.807) is 0 Å². The zero-order valence-electron chi connectivity index (χ0n) is 11.9. The van der Waals surface area contributed by atoms with Gasteiger partial charge in [0.25, 0.3) is 0 Å². The van der Waals surface area contributed by atoms with Gasteiger partial charge in [0.15, 0.2) is 0 Å². The molecule has 0 aromatic rings. The number of hydrogen-bond donors (Lipinski definition) is 1. The van der Waals surface area contributed by atoms with Gasteiger partial charge in [0.2, 0.25) is 0 Å². The van der Waals surface area contributed by atoms with Crippen LogP contribution >= 0.6 is 0 Å². The minimum absolute atomic E-state index is 0.347. The van der Waals surface area contributed by atoms with Gasteiger partial charge in [0.1, 0.15) is 0 Å². The average Bonchev–Trinajstić information content (AvgIpc) is 2.32. The fourth-order valence-corrected chi connectivity index (χ4v) is 4.28. The third-order valence-corrected chi connectivity index (χ3v) is 5.71. The van der Waals surface area contributed by atoms with E-state index in [0.29, 0.717) is 5.60 Å². The lowest BCUT2D eigenvalue weighted by Gasteiger charge is -2.52. The van der Waals surface area contributed by atoms with Crippen LogP contribution in [0.5, 0.6) is 0 Å². The summed E-state index contributed by atoms with van der Waals surface area (Å²) in [6.07, 6.45) is 11.0. The van der Waals surface area contributed by atoms with Crippen molar-refractivity contribution in [3.63, 3.8) is 0 Å². The fourth-order valence-electron chi connectivity index (χ4n) is 4.28. The van der Waals surface area contributed by atoms with Gasteiger partial charge >= 0.3 is 0 Å². The van der Waals surface area contributed by atoms with Crippen LogP contribution in [0.4, 0.5) is 0 Å². The molecule has 0 amide bonds. The van der Waals surface area contributed by atoms with Crippen molar-refractivity contribution in [3.05, 3.63) is 0 Å². The fraction of sp³-hybridized carbons (Fsp3) is 1.00. The molecule has 3 fully saturated rings. The van der Waals surface area contributed by atoms with Crippen LogP contribution in [0.3, 0.4) is 0 Å². The van der Waals surface area contributed by atoms with Crippen molar-refractivity contribution in [1.29, 1.82) is 0 Å². The Morgan fingerprint density at radius 3 is 2.72 bits per heavy atom. The minimum atomic E-state index is 0.347. The lowest BCUT2D eigenvalue weighted by atomic mass is 9.60. The van der Waals surface area contributed by atoms with Crippen molar-refractivity contribution in [3.8, 4) is 0 Å². The molecule has 3 aliphatic rings. The van der Waals surface area contributed by atoms with E-state index < -0.39 is 0 Å². The molecule has 2 nitrogen and oxygen atoms in total. The van der Waals surface area contributed by atoms with Crippen molar-refractivity contribution in [2.24, 2.45) is 17.8 Å². The number of nitrogens with one attached hydrogen (secondary N) is 1. The SMILES string of the molecule is CCCNCC1CCC1C1CCOC2(CCC2)C1. The van der Waals surface area contributed by atoms with Crippen LogP contribution in [0, 0.1) is 17.8 Å². The zero-order valence-corrected chi connectivity index (χ0v) is 11.9. The molecule has 0 radical (unpaired) electrons. The first kappa shape index (κ1) is 12.9. The van der Waals surface area contributed by atoms with E-state index in [4.69, 9.17) is 4.74 Å². The summed E-state index contributed by atoms with van der Waals surface area (Å²) in [6.45, 7) is 5.75. The molecule has 1 N–H and O–H groups in total. The molecule has 104 valence electrons. The Balaban J connectivity index is 1.48. The summed E-state index contributed by atoms with van der Waals surface area (Å²) in [5.41, 5.74) is 0.347. The van der Waals surface area contributed by atoms with E-state index in [-0.39, 0.29) is 0 Å². The van der Waals surface area contributed by atoms with E-state index in [0.717, 1.165) is 24.4 Å². The average molecular weight is 251 g/mol. The van der Waals surface area contributed by atoms with Crippen LogP contribution in [-0.2, 0) is 4.74 Å². The summed E-state index contributed by atoms with van der Waals surface area (Å²) in [6, 6.07) is 0. The number of ether oxygens (including phenoxy) is 1. The Morgan fingerprint density at radius 1 is 1.22 bits per heavy atom. The highest BCUT2D eigenvalue weighted by atomic mass is 16.5. The third-order valence-electron chi connectivity index (χ3n) is 5.71. The van der Waals surface area contributed by atoms with E-state index in [1.807, 2.05) is 0 Å². The molecular weight excluding hydrogens is 222 g/mol. The molecule has 3 atom stereocenters. The maximum absolute atomic E-state index is 6.07. The third kappa shape index (κ3) is 2.46. The zero-order chi connectivity index (χ0) is 12.4. The highest BCUT2D eigenvalue weighted by Crippen LogP contribution is 2.51. The normalized spacial score (nSPS) is 38.2. The Hall–Kier alpha value is -0.0800. The number of hydrogen-bond acceptors (Lipinski definition) is 2. The quantitative estimate of drug-likeness (QED) is 0.757. The van der Waals surface area contributed by atoms with Crippen molar-refractivity contribution < 1.29 is 4.74 Å². The maximum Gasteiger partial charge on any atom is 0.0685 e. The van der Waals surface area contributed by atoms with E-state index in [1.165, 1.54) is 64.5 Å². The molecule has 2 heteroatoms. The van der Waals surface area contributed by atoms with Crippen LogP contribution in [-0.4, -0.2) is 25.3 Å². The van der Waals surface area contributed by atoms with Gasteiger partial charge in [-0.15, -0.1) is 0 Å². The molecule has 0 bridgehead atoms. The van der Waals surface area contributed by atoms with Crippen LogP contribution in [0.25, 0.3) is 0 Å². The molecule has 2 aliphatic carbocycles. The first-order valence-electron chi connectivity index (χ1n) is 8.18. The van der Waals surface area contributed by atoms with E-state index >= 15 is 0 Å². The summed E-state index contributed by atoms with van der Waals surface area (Å²) in [5, 5.41) is 3.62. The summed E-state index contributed by atoms with van der Waals surface area (Å²) in [5.74, 6) is 2.95. The summed E-state index contributed by atoms with van der Waals surface area (Å²) >= 11 is 0. The van der Waals surface area contributed by atoms with Crippen LogP contribution in [0.15, 0.2) is 0 Å². The van der Waals surface area contributed by atoms with Gasteiger partial charge in [-0.2, -0.15) is 0 Å². The number of rotatable bonds is 5. The van der Waals surface area contributed by atoms with Crippen molar-refractivity contribution in [2.45, 2.75) is 63.9 Å². The van der Waals surface area contributed by atoms with Gasteiger partial charge in [-0.05, 0) is 82.2 Å². The van der Waals surface area contributed by atoms with Crippen molar-refractivity contribution >= 4 is 0 Å². The first-order valence-corrected chi connectivity index (χ1v) is 8.18. The molecular formula is C16H29NO. The highest BCUT2D eigenvalue weighted by molar-refractivity contribution is 4.98. The Labute approximate surface area is 112 Å². The second kappa shape index (κ2) is 5.50. The molecule has 3 rings (SSSR count). The van der Waals surface area contributed by atoms with Gasteiger partial charge in [-0.25, -0.2) is 0 Å². The maximum atomic E-state index is 6.07. The van der Waals surface area contributed by atoms with E-state index in [2.05, 4.69) is 12.2 Å². The lowest BCUT2D eigenvalue weighted by Crippen LogP contribution is -2.50. The largest absolute Gasteiger partial charge is 0.375 e. The van der Waals surface area contributed by atoms with Gasteiger partial charge < -0.3 is 10.1 Å². The minimum Gasteiger partial charge on any atom is -0.375 e. The van der Waals surface area contributed by atoms with Gasteiger partial charge in [0, 0.05) is 6.61 Å². The van der Waals surface area contributed by atoms with Crippen LogP contribution in [0.1, 0.15) is 58.3 Å². The molecule has 2 saturated carbocycles. The predicted octanol–water partition coefficient (Wildman–Crippen LogP) is 3.36. The molecule has 18 heavy (non-hydrogen) atoms. The second-order valence-electron chi connectivity index (χ2n) is 6.84. The molecule has 0 aromatic heterocycles. The van der Waals surface area contributed by atoms with Gasteiger partial charge in [-0.3, -0.25) is 0 Å². The summed E-state index contributed by atoms with van der Waals surface area (Å²) < 4.78 is 6.07. The van der Waals surface area contributed by atoms with Gasteiger partial charge in [-0.1, -0.05) is 6.92 Å². The molecule has 1 heterocycles. The van der Waals surface area contributed by atoms with E-state index in [9.17, 15) is 0 Å². The monoisotopic (exact) mass is 251 g/mol. The standard InChI is InChI=1S/C16H29NO/c1-2-9-17-12-14-4-5-15(14)13-6-10-18-16(11-13)7-3-8-16/h13-15,17H,2-12H2,1H3. The van der Waals surface area contributed by atoms with Crippen LogP contribution in [0.2, 0.25) is 0 Å². The molecule has 3 unspecified atom stereocenters. The molecule has 1 saturated heterocycles. The van der Waals surface area contributed by atoms with Crippen molar-refractivity contribution in [2.75, 3.05) is 19.7 Å². The van der Waals surface area contributed by atoms with Crippen LogP contribution < -0.4 is 5.32 Å². The molecule has 0 aromatic carbocycles. The lowest BCUT2D eigenvalue weighted by molar-refractivity contribution is -0.158. The Kier molecular flexibility index (Phi) is 3.95. The smallest absolute Gasteiger partial charge is 0.0685 e. The Bertz CT molecular complexity index is 274. The molecule has 1 aliphatic heterocycles. The molecule has 1 spiro atoms. The van der Waals surface area contributed by atoms with Crippen molar-refractivity contribution in [1.82, 2.24) is 5.32 Å². The van der Waals surface area contributed by atoms with Gasteiger partial charge in [0.05, 0.1) is 5.60 Å². The Morgan fingerprint density at radius 2 is 2.11 bits per heavy atom. The summed E-state index contributed by atoms with van der Waals surface area (Å²) in [4.78, 5) is 0. The summed E-state index contributed by atoms with van der Waals surface area (Å²) in [7, 11) is 0. The first-order chi connectivity index (χ1) is 8.83. The predicted molar refractivity (Wildman–Crippen MR) is 74.6 cm³/mol. The highest BCUT2D eigenvalue weighted by Gasteiger charge is 2.47. The topological polar surface area (TPSA) is 21.3 Å².